The fourth-order valence-corrected chi connectivity index (χ4v) is 3.43. The Balaban J connectivity index is 1.69. The number of nitrogens with two attached hydrogens (primary N) is 1. The number of benzene rings is 3. The number of anilines is 1. The van der Waals surface area contributed by atoms with Crippen LogP contribution < -0.4 is 20.5 Å². The molecule has 0 spiro atoms. The lowest BCUT2D eigenvalue weighted by molar-refractivity contribution is 0.0741. The molecule has 2 amide bonds. The second kappa shape index (κ2) is 11.8. The molecule has 0 aromatic heterocycles. The van der Waals surface area contributed by atoms with Crippen LogP contribution in [0.3, 0.4) is 0 Å². The summed E-state index contributed by atoms with van der Waals surface area (Å²) in [7, 11) is 3.04. The Labute approximate surface area is 198 Å². The Bertz CT molecular complexity index is 1140. The van der Waals surface area contributed by atoms with Gasteiger partial charge < -0.3 is 25.4 Å². The van der Waals surface area contributed by atoms with Crippen LogP contribution in [-0.2, 0) is 6.54 Å². The van der Waals surface area contributed by atoms with Crippen molar-refractivity contribution in [2.45, 2.75) is 13.0 Å². The quantitative estimate of drug-likeness (QED) is 0.471. The highest BCUT2D eigenvalue weighted by Crippen LogP contribution is 2.28. The fraction of sp³-hybridized carbons (Fsp3) is 0.231. The number of methoxy groups -OCH3 is 2. The van der Waals surface area contributed by atoms with E-state index in [0.29, 0.717) is 48.8 Å². The van der Waals surface area contributed by atoms with Gasteiger partial charge in [0.15, 0.2) is 11.5 Å². The third-order valence-electron chi connectivity index (χ3n) is 5.22. The first kappa shape index (κ1) is 24.7. The third kappa shape index (κ3) is 6.32. The highest BCUT2D eigenvalue weighted by molar-refractivity contribution is 6.04. The van der Waals surface area contributed by atoms with Crippen molar-refractivity contribution in [1.82, 2.24) is 4.90 Å². The van der Waals surface area contributed by atoms with Crippen molar-refractivity contribution in [3.63, 3.8) is 0 Å². The predicted octanol–water partition coefficient (Wildman–Crippen LogP) is 4.09. The maximum Gasteiger partial charge on any atom is 0.255 e. The molecule has 3 aromatic carbocycles. The van der Waals surface area contributed by atoms with E-state index in [-0.39, 0.29) is 17.4 Å². The minimum absolute atomic E-state index is 0.265. The number of halogens is 1. The minimum atomic E-state index is -0.459. The summed E-state index contributed by atoms with van der Waals surface area (Å²) >= 11 is 0. The fourth-order valence-electron chi connectivity index (χ4n) is 3.43. The van der Waals surface area contributed by atoms with E-state index in [1.807, 2.05) is 12.1 Å². The second-order valence-electron chi connectivity index (χ2n) is 7.60. The van der Waals surface area contributed by atoms with E-state index in [1.54, 1.807) is 41.3 Å². The topological polar surface area (TPSA) is 93.9 Å². The highest BCUT2D eigenvalue weighted by atomic mass is 19.1. The van der Waals surface area contributed by atoms with Crippen LogP contribution in [0.15, 0.2) is 66.7 Å². The molecule has 0 saturated carbocycles. The van der Waals surface area contributed by atoms with Gasteiger partial charge >= 0.3 is 0 Å². The Morgan fingerprint density at radius 1 is 0.941 bits per heavy atom. The van der Waals surface area contributed by atoms with Crippen molar-refractivity contribution >= 4 is 17.5 Å². The first-order chi connectivity index (χ1) is 16.4. The molecule has 0 radical (unpaired) electrons. The standard InChI is InChI=1S/C26H28FN3O4/c1-33-23-12-9-19(16-24(23)34-2)25(31)29-22-10-7-18(8-11-22)17-30(14-4-13-28)26(32)20-5-3-6-21(27)15-20/h3,5-12,15-16H,4,13-14,17,28H2,1-2H3,(H,29,31). The average Bonchev–Trinajstić information content (AvgIpc) is 2.86. The van der Waals surface area contributed by atoms with E-state index < -0.39 is 5.82 Å². The van der Waals surface area contributed by atoms with Crippen molar-refractivity contribution in [2.75, 3.05) is 32.6 Å². The van der Waals surface area contributed by atoms with Gasteiger partial charge in [-0.15, -0.1) is 0 Å². The number of hydrogen-bond donors (Lipinski definition) is 2. The maximum absolute atomic E-state index is 13.6. The van der Waals surface area contributed by atoms with Crippen LogP contribution in [0.25, 0.3) is 0 Å². The molecule has 0 aliphatic heterocycles. The van der Waals surface area contributed by atoms with Crippen LogP contribution >= 0.6 is 0 Å². The Hall–Kier alpha value is -3.91. The SMILES string of the molecule is COc1ccc(C(=O)Nc2ccc(CN(CCCN)C(=O)c3cccc(F)c3)cc2)cc1OC. The molecule has 0 aliphatic rings. The summed E-state index contributed by atoms with van der Waals surface area (Å²) in [4.78, 5) is 27.2. The third-order valence-corrected chi connectivity index (χ3v) is 5.22. The van der Waals surface area contributed by atoms with Crippen LogP contribution in [0.5, 0.6) is 11.5 Å². The van der Waals surface area contributed by atoms with E-state index in [4.69, 9.17) is 15.2 Å². The number of rotatable bonds is 10. The molecule has 3 N–H and O–H groups in total. The number of nitrogens with zero attached hydrogens (tertiary/aromatic N) is 1. The summed E-state index contributed by atoms with van der Waals surface area (Å²) in [6, 6.07) is 17.8. The smallest absolute Gasteiger partial charge is 0.255 e. The van der Waals surface area contributed by atoms with Gasteiger partial charge in [-0.1, -0.05) is 18.2 Å². The first-order valence-corrected chi connectivity index (χ1v) is 10.8. The molecule has 0 heterocycles. The van der Waals surface area contributed by atoms with Crippen LogP contribution in [0, 0.1) is 5.82 Å². The zero-order valence-electron chi connectivity index (χ0n) is 19.2. The molecule has 0 saturated heterocycles. The molecule has 3 aromatic rings. The Morgan fingerprint density at radius 2 is 1.68 bits per heavy atom. The number of ether oxygens (including phenoxy) is 2. The first-order valence-electron chi connectivity index (χ1n) is 10.8. The maximum atomic E-state index is 13.6. The van der Waals surface area contributed by atoms with Crippen LogP contribution in [-0.4, -0.2) is 44.0 Å². The minimum Gasteiger partial charge on any atom is -0.493 e. The number of amides is 2. The van der Waals surface area contributed by atoms with Gasteiger partial charge in [0.2, 0.25) is 0 Å². The van der Waals surface area contributed by atoms with Gasteiger partial charge in [0.05, 0.1) is 14.2 Å². The zero-order chi connectivity index (χ0) is 24.5. The summed E-state index contributed by atoms with van der Waals surface area (Å²) in [6.07, 6.45) is 0.626. The molecule has 0 aliphatic carbocycles. The molecule has 0 atom stereocenters. The molecule has 34 heavy (non-hydrogen) atoms. The summed E-state index contributed by atoms with van der Waals surface area (Å²) in [6.45, 7) is 1.22. The molecule has 0 fully saturated rings. The number of hydrogen-bond acceptors (Lipinski definition) is 5. The molecular weight excluding hydrogens is 437 g/mol. The predicted molar refractivity (Wildman–Crippen MR) is 129 cm³/mol. The summed E-state index contributed by atoms with van der Waals surface area (Å²) in [5.41, 5.74) is 7.81. The van der Waals surface area contributed by atoms with Gasteiger partial charge in [-0.2, -0.15) is 0 Å². The lowest BCUT2D eigenvalue weighted by Gasteiger charge is -2.23. The average molecular weight is 466 g/mol. The van der Waals surface area contributed by atoms with E-state index >= 15 is 0 Å². The van der Waals surface area contributed by atoms with Gasteiger partial charge in [0.1, 0.15) is 5.82 Å². The molecule has 8 heteroatoms. The van der Waals surface area contributed by atoms with E-state index in [2.05, 4.69) is 5.32 Å². The van der Waals surface area contributed by atoms with Gasteiger partial charge in [0, 0.05) is 29.9 Å². The summed E-state index contributed by atoms with van der Waals surface area (Å²) < 4.78 is 24.0. The van der Waals surface area contributed by atoms with Gasteiger partial charge in [-0.25, -0.2) is 4.39 Å². The largest absolute Gasteiger partial charge is 0.493 e. The number of carbonyl (C=O) groups is 2. The molecule has 3 rings (SSSR count). The Kier molecular flexibility index (Phi) is 8.59. The van der Waals surface area contributed by atoms with Crippen LogP contribution in [0.4, 0.5) is 10.1 Å². The van der Waals surface area contributed by atoms with Gasteiger partial charge in [0.25, 0.3) is 11.8 Å². The van der Waals surface area contributed by atoms with E-state index in [0.717, 1.165) is 5.56 Å². The lowest BCUT2D eigenvalue weighted by Crippen LogP contribution is -2.32. The molecule has 178 valence electrons. The monoisotopic (exact) mass is 465 g/mol. The second-order valence-corrected chi connectivity index (χ2v) is 7.60. The van der Waals surface area contributed by atoms with Crippen LogP contribution in [0.1, 0.15) is 32.7 Å². The number of carbonyl (C=O) groups excluding carboxylic acids is 2. The molecule has 0 unspecified atom stereocenters. The van der Waals surface area contributed by atoms with Crippen molar-refractivity contribution in [2.24, 2.45) is 5.73 Å². The van der Waals surface area contributed by atoms with Crippen molar-refractivity contribution in [3.05, 3.63) is 89.2 Å². The molecule has 0 bridgehead atoms. The normalized spacial score (nSPS) is 10.5. The lowest BCUT2D eigenvalue weighted by atomic mass is 10.1. The highest BCUT2D eigenvalue weighted by Gasteiger charge is 2.17. The molecule has 7 nitrogen and oxygen atoms in total. The van der Waals surface area contributed by atoms with Gasteiger partial charge in [-0.3, -0.25) is 9.59 Å². The van der Waals surface area contributed by atoms with Crippen molar-refractivity contribution in [1.29, 1.82) is 0 Å². The summed E-state index contributed by atoms with van der Waals surface area (Å²) in [5.74, 6) is -0.0149. The van der Waals surface area contributed by atoms with E-state index in [1.165, 1.54) is 32.4 Å². The van der Waals surface area contributed by atoms with Crippen LogP contribution in [0.2, 0.25) is 0 Å². The zero-order valence-corrected chi connectivity index (χ0v) is 19.2. The summed E-state index contributed by atoms with van der Waals surface area (Å²) in [5, 5.41) is 2.84. The van der Waals surface area contributed by atoms with E-state index in [9.17, 15) is 14.0 Å². The van der Waals surface area contributed by atoms with Gasteiger partial charge in [-0.05, 0) is 67.1 Å². The van der Waals surface area contributed by atoms with Crippen molar-refractivity contribution in [3.8, 4) is 11.5 Å². The Morgan fingerprint density at radius 3 is 2.32 bits per heavy atom. The molecular formula is C26H28FN3O4. The van der Waals surface area contributed by atoms with Crippen molar-refractivity contribution < 1.29 is 23.5 Å². The number of nitrogens with one attached hydrogen (secondary N) is 1.